The highest BCUT2D eigenvalue weighted by atomic mass is 35.5. The van der Waals surface area contributed by atoms with E-state index in [1.807, 2.05) is 4.90 Å². The molecule has 2 aromatic heterocycles. The third kappa shape index (κ3) is 6.82. The summed E-state index contributed by atoms with van der Waals surface area (Å²) in [7, 11) is 0. The van der Waals surface area contributed by atoms with Gasteiger partial charge in [-0.1, -0.05) is 30.1 Å². The molecule has 0 spiro atoms. The van der Waals surface area contributed by atoms with Gasteiger partial charge in [-0.3, -0.25) is 14.5 Å². The number of carbonyl (C=O) groups excluding carboxylic acids is 2. The van der Waals surface area contributed by atoms with Crippen LogP contribution in [0.3, 0.4) is 0 Å². The number of carbonyl (C=O) groups is 2. The van der Waals surface area contributed by atoms with E-state index in [2.05, 4.69) is 41.9 Å². The zero-order chi connectivity index (χ0) is 29.8. The molecule has 5 rings (SSSR count). The Labute approximate surface area is 256 Å². The Bertz CT molecular complexity index is 1280. The average Bonchev–Trinajstić information content (AvgIpc) is 3.51. The van der Waals surface area contributed by atoms with Crippen LogP contribution >= 0.6 is 23.2 Å². The molecule has 228 valence electrons. The molecule has 2 aromatic rings. The van der Waals surface area contributed by atoms with Gasteiger partial charge in [0.25, 0.3) is 11.8 Å². The molecule has 0 saturated carbocycles. The zero-order valence-corrected chi connectivity index (χ0v) is 25.6. The number of nitrogens with one attached hydrogen (secondary N) is 1. The first-order valence-corrected chi connectivity index (χ1v) is 15.6. The molecule has 3 aliphatic rings. The molecule has 0 unspecified atom stereocenters. The molecule has 14 heteroatoms. The summed E-state index contributed by atoms with van der Waals surface area (Å²) >= 11 is 12.5. The van der Waals surface area contributed by atoms with Crippen LogP contribution in [0, 0.1) is 0 Å². The SMILES string of the molecule is CC[C@H]1CN(c2nc(N)c(C(=O)NCCN3CCCC3)nc2Cl)CCN1C1CCN(C(=O)c2ccc(Cl)nc2N)CC1. The van der Waals surface area contributed by atoms with Gasteiger partial charge in [-0.05, 0) is 57.3 Å². The number of nitrogens with zero attached hydrogens (tertiary/aromatic N) is 7. The summed E-state index contributed by atoms with van der Waals surface area (Å²) in [4.78, 5) is 47.5. The first-order valence-electron chi connectivity index (χ1n) is 14.8. The van der Waals surface area contributed by atoms with Crippen LogP contribution < -0.4 is 21.7 Å². The predicted molar refractivity (Wildman–Crippen MR) is 165 cm³/mol. The Morgan fingerprint density at radius 2 is 1.71 bits per heavy atom. The van der Waals surface area contributed by atoms with Crippen molar-refractivity contribution in [3.8, 4) is 0 Å². The monoisotopic (exact) mass is 618 g/mol. The second-order valence-electron chi connectivity index (χ2n) is 11.2. The third-order valence-electron chi connectivity index (χ3n) is 8.63. The van der Waals surface area contributed by atoms with Crippen molar-refractivity contribution in [3.05, 3.63) is 33.7 Å². The van der Waals surface area contributed by atoms with Gasteiger partial charge in [0.1, 0.15) is 11.0 Å². The van der Waals surface area contributed by atoms with Crippen LogP contribution in [0.2, 0.25) is 10.3 Å². The fourth-order valence-electron chi connectivity index (χ4n) is 6.31. The Balaban J connectivity index is 1.16. The number of anilines is 3. The van der Waals surface area contributed by atoms with E-state index in [4.69, 9.17) is 34.7 Å². The molecule has 0 aromatic carbocycles. The fraction of sp³-hybridized carbons (Fsp3) is 0.607. The lowest BCUT2D eigenvalue weighted by atomic mass is 9.97. The fourth-order valence-corrected chi connectivity index (χ4v) is 6.71. The normalized spacial score (nSPS) is 20.7. The van der Waals surface area contributed by atoms with Crippen LogP contribution in [0.1, 0.15) is 59.9 Å². The van der Waals surface area contributed by atoms with E-state index in [-0.39, 0.29) is 45.5 Å². The van der Waals surface area contributed by atoms with Crippen LogP contribution in [0.5, 0.6) is 0 Å². The van der Waals surface area contributed by atoms with E-state index in [9.17, 15) is 9.59 Å². The van der Waals surface area contributed by atoms with Gasteiger partial charge in [0.15, 0.2) is 22.5 Å². The van der Waals surface area contributed by atoms with Gasteiger partial charge < -0.3 is 31.5 Å². The Morgan fingerprint density at radius 1 is 0.976 bits per heavy atom. The van der Waals surface area contributed by atoms with E-state index in [1.54, 1.807) is 12.1 Å². The molecule has 12 nitrogen and oxygen atoms in total. The number of nitrogens with two attached hydrogens (primary N) is 2. The van der Waals surface area contributed by atoms with Gasteiger partial charge in [0, 0.05) is 57.9 Å². The number of pyridine rings is 1. The lowest BCUT2D eigenvalue weighted by Gasteiger charge is -2.47. The number of likely N-dealkylation sites (tertiary alicyclic amines) is 2. The highest BCUT2D eigenvalue weighted by molar-refractivity contribution is 6.32. The standard InChI is InChI=1S/C28H40Cl2N10O2/c1-2-18-17-39(26-23(30)35-22(25(32)36-26)27(41)33-9-14-37-10-3-4-11-37)15-16-40(18)19-7-12-38(13-8-19)28(42)20-5-6-21(29)34-24(20)31/h5-6,18-19H,2-4,7-17H2,1H3,(H2,31,34)(H2,32,36)(H,33,41)/t18-/m0/s1. The van der Waals surface area contributed by atoms with Crippen LogP contribution in [0.15, 0.2) is 12.1 Å². The molecule has 3 aliphatic heterocycles. The lowest BCUT2D eigenvalue weighted by molar-refractivity contribution is 0.0491. The van der Waals surface area contributed by atoms with Crippen molar-refractivity contribution >= 4 is 52.5 Å². The zero-order valence-electron chi connectivity index (χ0n) is 24.1. The van der Waals surface area contributed by atoms with Gasteiger partial charge in [-0.2, -0.15) is 0 Å². The first-order chi connectivity index (χ1) is 20.2. The predicted octanol–water partition coefficient (Wildman–Crippen LogP) is 2.37. The second kappa shape index (κ2) is 13.6. The first kappa shape index (κ1) is 30.5. The second-order valence-corrected chi connectivity index (χ2v) is 12.0. The minimum absolute atomic E-state index is 0.0632. The van der Waals surface area contributed by atoms with E-state index in [0.29, 0.717) is 43.6 Å². The van der Waals surface area contributed by atoms with Gasteiger partial charge in [-0.15, -0.1) is 0 Å². The molecule has 1 atom stereocenters. The summed E-state index contributed by atoms with van der Waals surface area (Å²) in [5.74, 6) is 0.281. The quantitative estimate of drug-likeness (QED) is 0.376. The maximum Gasteiger partial charge on any atom is 0.273 e. The molecule has 42 heavy (non-hydrogen) atoms. The Hall–Kier alpha value is -2.93. The van der Waals surface area contributed by atoms with Crippen molar-refractivity contribution in [1.82, 2.24) is 35.0 Å². The molecule has 3 fully saturated rings. The summed E-state index contributed by atoms with van der Waals surface area (Å²) in [5, 5.41) is 3.35. The molecular formula is C28H40Cl2N10O2. The Kier molecular flexibility index (Phi) is 9.87. The molecule has 2 amide bonds. The Morgan fingerprint density at radius 3 is 2.40 bits per heavy atom. The van der Waals surface area contributed by atoms with Crippen molar-refractivity contribution in [3.63, 3.8) is 0 Å². The van der Waals surface area contributed by atoms with Crippen molar-refractivity contribution in [1.29, 1.82) is 0 Å². The van der Waals surface area contributed by atoms with Crippen molar-refractivity contribution in [2.45, 2.75) is 51.1 Å². The molecule has 5 heterocycles. The summed E-state index contributed by atoms with van der Waals surface area (Å²) in [6.45, 7) is 9.19. The summed E-state index contributed by atoms with van der Waals surface area (Å²) in [6, 6.07) is 3.86. The number of rotatable bonds is 8. The average molecular weight is 620 g/mol. The molecule has 5 N–H and O–H groups in total. The smallest absolute Gasteiger partial charge is 0.273 e. The molecule has 0 radical (unpaired) electrons. The van der Waals surface area contributed by atoms with Gasteiger partial charge in [-0.25, -0.2) is 15.0 Å². The van der Waals surface area contributed by atoms with Crippen LogP contribution in [-0.2, 0) is 0 Å². The minimum Gasteiger partial charge on any atom is -0.383 e. The highest BCUT2D eigenvalue weighted by Gasteiger charge is 2.35. The van der Waals surface area contributed by atoms with Gasteiger partial charge in [0.2, 0.25) is 0 Å². The van der Waals surface area contributed by atoms with Crippen molar-refractivity contribution < 1.29 is 9.59 Å². The van der Waals surface area contributed by atoms with Gasteiger partial charge >= 0.3 is 0 Å². The van der Waals surface area contributed by atoms with E-state index < -0.39 is 0 Å². The molecule has 3 saturated heterocycles. The number of halogens is 2. The number of hydrogen-bond acceptors (Lipinski definition) is 10. The van der Waals surface area contributed by atoms with Crippen molar-refractivity contribution in [2.75, 3.05) is 75.3 Å². The van der Waals surface area contributed by atoms with Crippen LogP contribution in [-0.4, -0.2) is 112 Å². The molecular weight excluding hydrogens is 579 g/mol. The molecule has 0 aliphatic carbocycles. The van der Waals surface area contributed by atoms with Gasteiger partial charge in [0.05, 0.1) is 5.56 Å². The van der Waals surface area contributed by atoms with E-state index in [0.717, 1.165) is 52.0 Å². The van der Waals surface area contributed by atoms with Crippen LogP contribution in [0.25, 0.3) is 0 Å². The number of aromatic nitrogens is 3. The maximum absolute atomic E-state index is 13.0. The number of piperazine rings is 1. The number of hydrogen-bond donors (Lipinski definition) is 3. The van der Waals surface area contributed by atoms with E-state index in [1.165, 1.54) is 12.8 Å². The third-order valence-corrected chi connectivity index (χ3v) is 9.10. The number of piperidine rings is 1. The highest BCUT2D eigenvalue weighted by Crippen LogP contribution is 2.30. The molecule has 0 bridgehead atoms. The largest absolute Gasteiger partial charge is 0.383 e. The number of nitrogen functional groups attached to an aromatic ring is 2. The van der Waals surface area contributed by atoms with Crippen LogP contribution in [0.4, 0.5) is 17.5 Å². The topological polar surface area (TPSA) is 150 Å². The summed E-state index contributed by atoms with van der Waals surface area (Å²) in [5.41, 5.74) is 12.6. The minimum atomic E-state index is -0.358. The summed E-state index contributed by atoms with van der Waals surface area (Å²) < 4.78 is 0. The van der Waals surface area contributed by atoms with E-state index >= 15 is 0 Å². The van der Waals surface area contributed by atoms with Crippen molar-refractivity contribution in [2.24, 2.45) is 0 Å². The number of amides is 2. The lowest BCUT2D eigenvalue weighted by Crippen LogP contribution is -2.58. The summed E-state index contributed by atoms with van der Waals surface area (Å²) in [6.07, 6.45) is 5.10. The maximum atomic E-state index is 13.0.